The molecular formula is C21H20N6O. The summed E-state index contributed by atoms with van der Waals surface area (Å²) >= 11 is 0. The number of β-amino-alcohol motifs (C(OH)–C–C–N with tert-alkyl or cyclic N) is 1. The lowest BCUT2D eigenvalue weighted by Gasteiger charge is -2.16. The molecule has 5 rings (SSSR count). The zero-order valence-electron chi connectivity index (χ0n) is 15.3. The first-order chi connectivity index (χ1) is 13.8. The lowest BCUT2D eigenvalue weighted by Crippen LogP contribution is -2.24. The summed E-state index contributed by atoms with van der Waals surface area (Å²) in [7, 11) is 0. The van der Waals surface area contributed by atoms with Gasteiger partial charge >= 0.3 is 0 Å². The van der Waals surface area contributed by atoms with E-state index >= 15 is 0 Å². The smallest absolute Gasteiger partial charge is 0.250 e. The van der Waals surface area contributed by atoms with Crippen LogP contribution in [-0.2, 0) is 6.42 Å². The second-order valence-corrected chi connectivity index (χ2v) is 7.16. The quantitative estimate of drug-likeness (QED) is 0.592. The number of benzene rings is 2. The fraction of sp³-hybridized carbons (Fsp3) is 0.238. The number of pyridine rings is 1. The summed E-state index contributed by atoms with van der Waals surface area (Å²) in [6.07, 6.45) is 0.268. The molecule has 1 saturated heterocycles. The number of para-hydroxylation sites is 2. The van der Waals surface area contributed by atoms with Crippen molar-refractivity contribution in [1.29, 1.82) is 0 Å². The minimum absolute atomic E-state index is 0.0783. The minimum atomic E-state index is -0.450. The average Bonchev–Trinajstić information content (AvgIpc) is 3.36. The Bertz CT molecular complexity index is 1100. The van der Waals surface area contributed by atoms with Crippen LogP contribution in [0.2, 0.25) is 0 Å². The molecule has 1 aliphatic heterocycles. The highest BCUT2D eigenvalue weighted by Crippen LogP contribution is 2.26. The van der Waals surface area contributed by atoms with Crippen LogP contribution in [0.25, 0.3) is 16.6 Å². The van der Waals surface area contributed by atoms with E-state index in [1.807, 2.05) is 59.5 Å². The third-order valence-corrected chi connectivity index (χ3v) is 5.27. The van der Waals surface area contributed by atoms with Crippen LogP contribution in [0.4, 0.5) is 5.95 Å². The van der Waals surface area contributed by atoms with Gasteiger partial charge in [-0.05, 0) is 41.1 Å². The van der Waals surface area contributed by atoms with Gasteiger partial charge in [0.2, 0.25) is 5.95 Å². The van der Waals surface area contributed by atoms with Crippen molar-refractivity contribution in [2.24, 2.45) is 5.92 Å². The number of aromatic nitrogens is 5. The third-order valence-electron chi connectivity index (χ3n) is 5.27. The number of aliphatic hydroxyl groups is 1. The van der Waals surface area contributed by atoms with Gasteiger partial charge in [-0.3, -0.25) is 4.98 Å². The summed E-state index contributed by atoms with van der Waals surface area (Å²) < 4.78 is 1.71. The zero-order valence-corrected chi connectivity index (χ0v) is 15.3. The van der Waals surface area contributed by atoms with Crippen LogP contribution in [0.15, 0.2) is 66.7 Å². The van der Waals surface area contributed by atoms with E-state index in [1.165, 1.54) is 0 Å². The molecule has 0 saturated carbocycles. The molecule has 4 aromatic rings. The Balaban J connectivity index is 1.36. The third kappa shape index (κ3) is 3.10. The molecule has 2 aromatic heterocycles. The maximum absolute atomic E-state index is 10.6. The monoisotopic (exact) mass is 372 g/mol. The van der Waals surface area contributed by atoms with Crippen LogP contribution in [0.5, 0.6) is 0 Å². The van der Waals surface area contributed by atoms with E-state index in [2.05, 4.69) is 27.7 Å². The van der Waals surface area contributed by atoms with Crippen LogP contribution in [0.1, 0.15) is 5.69 Å². The molecule has 0 aliphatic carbocycles. The molecule has 7 heteroatoms. The maximum Gasteiger partial charge on any atom is 0.250 e. The van der Waals surface area contributed by atoms with Crippen molar-refractivity contribution in [3.63, 3.8) is 0 Å². The highest BCUT2D eigenvalue weighted by Gasteiger charge is 2.34. The maximum atomic E-state index is 10.6. The van der Waals surface area contributed by atoms with E-state index in [0.717, 1.165) is 28.7 Å². The van der Waals surface area contributed by atoms with Gasteiger partial charge in [0.05, 0.1) is 17.3 Å². The van der Waals surface area contributed by atoms with Crippen molar-refractivity contribution in [3.8, 4) is 5.69 Å². The summed E-state index contributed by atoms with van der Waals surface area (Å²) in [6, 6.07) is 22.0. The van der Waals surface area contributed by atoms with Gasteiger partial charge < -0.3 is 10.0 Å². The largest absolute Gasteiger partial charge is 0.391 e. The second kappa shape index (κ2) is 7.01. The van der Waals surface area contributed by atoms with E-state index in [9.17, 15) is 5.11 Å². The molecule has 0 radical (unpaired) electrons. The van der Waals surface area contributed by atoms with Crippen LogP contribution in [-0.4, -0.2) is 49.5 Å². The Labute approximate surface area is 162 Å². The zero-order chi connectivity index (χ0) is 18.9. The number of anilines is 1. The topological polar surface area (TPSA) is 80.0 Å². The van der Waals surface area contributed by atoms with Crippen molar-refractivity contribution in [3.05, 3.63) is 72.4 Å². The van der Waals surface area contributed by atoms with Gasteiger partial charge in [-0.25, -0.2) is 0 Å². The van der Waals surface area contributed by atoms with Crippen LogP contribution < -0.4 is 4.90 Å². The Kier molecular flexibility index (Phi) is 4.21. The standard InChI is InChI=1S/C21H20N6O/c28-20-14-26(21-23-24-25-27(21)18-7-2-1-3-8-18)13-16(20)12-17-11-10-15-6-4-5-9-19(15)22-17/h1-11,16,20,28H,12-14H2/t16-,20-/m1/s1. The Morgan fingerprint density at radius 1 is 0.929 bits per heavy atom. The molecule has 0 bridgehead atoms. The van der Waals surface area contributed by atoms with E-state index < -0.39 is 6.10 Å². The van der Waals surface area contributed by atoms with E-state index in [-0.39, 0.29) is 5.92 Å². The lowest BCUT2D eigenvalue weighted by molar-refractivity contribution is 0.148. The van der Waals surface area contributed by atoms with Gasteiger partial charge in [-0.15, -0.1) is 0 Å². The molecule has 2 aromatic carbocycles. The first-order valence-corrected chi connectivity index (χ1v) is 9.39. The highest BCUT2D eigenvalue weighted by atomic mass is 16.3. The summed E-state index contributed by atoms with van der Waals surface area (Å²) in [5.74, 6) is 0.730. The molecule has 140 valence electrons. The van der Waals surface area contributed by atoms with Gasteiger partial charge in [-0.1, -0.05) is 47.6 Å². The Morgan fingerprint density at radius 2 is 1.75 bits per heavy atom. The molecule has 2 atom stereocenters. The lowest BCUT2D eigenvalue weighted by atomic mass is 9.99. The molecule has 0 spiro atoms. The number of aliphatic hydroxyl groups excluding tert-OH is 1. The number of fused-ring (bicyclic) bond motifs is 1. The molecule has 3 heterocycles. The number of tetrazole rings is 1. The fourth-order valence-electron chi connectivity index (χ4n) is 3.82. The van der Waals surface area contributed by atoms with E-state index in [1.54, 1.807) is 4.68 Å². The fourth-order valence-corrected chi connectivity index (χ4v) is 3.82. The minimum Gasteiger partial charge on any atom is -0.391 e. The Hall–Kier alpha value is -3.32. The van der Waals surface area contributed by atoms with E-state index in [0.29, 0.717) is 19.0 Å². The van der Waals surface area contributed by atoms with Crippen molar-refractivity contribution >= 4 is 16.9 Å². The van der Waals surface area contributed by atoms with Crippen LogP contribution in [0.3, 0.4) is 0 Å². The Morgan fingerprint density at radius 3 is 2.64 bits per heavy atom. The molecular weight excluding hydrogens is 352 g/mol. The SMILES string of the molecule is O[C@@H]1CN(c2nnnn2-c2ccccc2)C[C@H]1Cc1ccc2ccccc2n1. The number of rotatable bonds is 4. The van der Waals surface area contributed by atoms with Crippen molar-refractivity contribution in [1.82, 2.24) is 25.2 Å². The summed E-state index contributed by atoms with van der Waals surface area (Å²) in [5.41, 5.74) is 2.88. The van der Waals surface area contributed by atoms with Crippen LogP contribution >= 0.6 is 0 Å². The molecule has 1 aliphatic rings. The van der Waals surface area contributed by atoms with Crippen LogP contribution in [0, 0.1) is 5.92 Å². The van der Waals surface area contributed by atoms with Gasteiger partial charge in [0.1, 0.15) is 0 Å². The summed E-state index contributed by atoms with van der Waals surface area (Å²) in [6.45, 7) is 1.19. The molecule has 0 unspecified atom stereocenters. The summed E-state index contributed by atoms with van der Waals surface area (Å²) in [4.78, 5) is 6.80. The predicted octanol–water partition coefficient (Wildman–Crippen LogP) is 2.25. The predicted molar refractivity (Wildman–Crippen MR) is 106 cm³/mol. The van der Waals surface area contributed by atoms with Crippen molar-refractivity contribution in [2.75, 3.05) is 18.0 Å². The number of hydrogen-bond acceptors (Lipinski definition) is 6. The van der Waals surface area contributed by atoms with E-state index in [4.69, 9.17) is 4.98 Å². The first kappa shape index (κ1) is 16.8. The van der Waals surface area contributed by atoms with Gasteiger partial charge in [0.15, 0.2) is 0 Å². The summed E-state index contributed by atoms with van der Waals surface area (Å²) in [5, 5.41) is 23.9. The highest BCUT2D eigenvalue weighted by molar-refractivity contribution is 5.78. The first-order valence-electron chi connectivity index (χ1n) is 9.39. The van der Waals surface area contributed by atoms with Gasteiger partial charge in [0.25, 0.3) is 0 Å². The molecule has 1 N–H and O–H groups in total. The molecule has 1 fully saturated rings. The average molecular weight is 372 g/mol. The number of nitrogens with zero attached hydrogens (tertiary/aromatic N) is 6. The van der Waals surface area contributed by atoms with Crippen molar-refractivity contribution < 1.29 is 5.11 Å². The molecule has 28 heavy (non-hydrogen) atoms. The number of hydrogen-bond donors (Lipinski definition) is 1. The second-order valence-electron chi connectivity index (χ2n) is 7.16. The van der Waals surface area contributed by atoms with Crippen molar-refractivity contribution in [2.45, 2.75) is 12.5 Å². The molecule has 7 nitrogen and oxygen atoms in total. The normalized spacial score (nSPS) is 19.4. The van der Waals surface area contributed by atoms with Gasteiger partial charge in [0, 0.05) is 30.1 Å². The van der Waals surface area contributed by atoms with Gasteiger partial charge in [-0.2, -0.15) is 4.68 Å². The molecule has 0 amide bonds.